The molecule has 1 amide bonds. The van der Waals surface area contributed by atoms with Gasteiger partial charge in [-0.1, -0.05) is 30.3 Å². The maximum absolute atomic E-state index is 13.0. The van der Waals surface area contributed by atoms with Gasteiger partial charge in [-0.15, -0.1) is 0 Å². The van der Waals surface area contributed by atoms with Gasteiger partial charge in [-0.2, -0.15) is 0 Å². The van der Waals surface area contributed by atoms with Crippen LogP contribution in [0, 0.1) is 0 Å². The summed E-state index contributed by atoms with van der Waals surface area (Å²) in [6, 6.07) is 20.0. The fourth-order valence-corrected chi connectivity index (χ4v) is 3.19. The van der Waals surface area contributed by atoms with E-state index < -0.39 is 5.97 Å². The number of rotatable bonds is 5. The Hall–Kier alpha value is -4.06. The summed E-state index contributed by atoms with van der Waals surface area (Å²) in [6.45, 7) is 0.335. The molecule has 2 aromatic carbocycles. The zero-order chi connectivity index (χ0) is 20.9. The molecule has 0 unspecified atom stereocenters. The molecule has 0 atom stereocenters. The Morgan fingerprint density at radius 1 is 0.967 bits per heavy atom. The lowest BCUT2D eigenvalue weighted by Crippen LogP contribution is -2.23. The van der Waals surface area contributed by atoms with E-state index in [2.05, 4.69) is 15.3 Å². The van der Waals surface area contributed by atoms with Gasteiger partial charge in [0.05, 0.1) is 29.4 Å². The van der Waals surface area contributed by atoms with Gasteiger partial charge in [-0.05, 0) is 42.0 Å². The van der Waals surface area contributed by atoms with E-state index in [4.69, 9.17) is 4.74 Å². The number of aromatic nitrogens is 2. The number of carbonyl (C=O) groups is 2. The molecule has 0 radical (unpaired) electrons. The first-order valence-electron chi connectivity index (χ1n) is 9.41. The number of para-hydroxylation sites is 1. The quantitative estimate of drug-likeness (QED) is 0.515. The molecular formula is C24H19N3O3. The van der Waals surface area contributed by atoms with E-state index in [1.54, 1.807) is 42.7 Å². The van der Waals surface area contributed by atoms with E-state index in [1.165, 1.54) is 7.11 Å². The first-order valence-corrected chi connectivity index (χ1v) is 9.41. The van der Waals surface area contributed by atoms with Crippen molar-refractivity contribution in [2.45, 2.75) is 6.54 Å². The topological polar surface area (TPSA) is 81.2 Å². The molecule has 0 saturated carbocycles. The van der Waals surface area contributed by atoms with Crippen molar-refractivity contribution >= 4 is 22.8 Å². The van der Waals surface area contributed by atoms with Crippen LogP contribution in [0.5, 0.6) is 0 Å². The Labute approximate surface area is 173 Å². The minimum atomic E-state index is -0.391. The van der Waals surface area contributed by atoms with E-state index in [0.717, 1.165) is 22.0 Å². The van der Waals surface area contributed by atoms with Crippen molar-refractivity contribution < 1.29 is 14.3 Å². The molecule has 2 heterocycles. The van der Waals surface area contributed by atoms with Crippen LogP contribution in [0.15, 0.2) is 79.1 Å². The van der Waals surface area contributed by atoms with Crippen molar-refractivity contribution in [1.82, 2.24) is 15.3 Å². The molecule has 148 valence electrons. The van der Waals surface area contributed by atoms with Gasteiger partial charge in [0.1, 0.15) is 0 Å². The van der Waals surface area contributed by atoms with Crippen molar-refractivity contribution in [2.75, 3.05) is 7.11 Å². The van der Waals surface area contributed by atoms with E-state index in [0.29, 0.717) is 23.4 Å². The monoisotopic (exact) mass is 397 g/mol. The SMILES string of the molecule is COC(=O)c1ccc(CNC(=O)c2cc(-c3ccncc3)nc3ccccc23)cc1. The Balaban J connectivity index is 1.60. The molecule has 0 aliphatic rings. The smallest absolute Gasteiger partial charge is 0.337 e. The van der Waals surface area contributed by atoms with E-state index in [-0.39, 0.29) is 5.91 Å². The van der Waals surface area contributed by atoms with E-state index in [1.807, 2.05) is 36.4 Å². The highest BCUT2D eigenvalue weighted by molar-refractivity contribution is 6.07. The maximum Gasteiger partial charge on any atom is 0.337 e. The van der Waals surface area contributed by atoms with E-state index >= 15 is 0 Å². The van der Waals surface area contributed by atoms with Gasteiger partial charge in [-0.3, -0.25) is 9.78 Å². The Kier molecular flexibility index (Phi) is 5.48. The highest BCUT2D eigenvalue weighted by Crippen LogP contribution is 2.24. The molecule has 2 aromatic heterocycles. The molecule has 4 rings (SSSR count). The zero-order valence-corrected chi connectivity index (χ0v) is 16.3. The third kappa shape index (κ3) is 4.03. The van der Waals surface area contributed by atoms with Crippen molar-refractivity contribution in [3.8, 4) is 11.3 Å². The normalized spacial score (nSPS) is 10.6. The molecule has 0 spiro atoms. The van der Waals surface area contributed by atoms with Gasteiger partial charge in [0.2, 0.25) is 0 Å². The Morgan fingerprint density at radius 3 is 2.43 bits per heavy atom. The second-order valence-electron chi connectivity index (χ2n) is 6.68. The predicted molar refractivity (Wildman–Crippen MR) is 114 cm³/mol. The number of pyridine rings is 2. The van der Waals surface area contributed by atoms with Crippen LogP contribution >= 0.6 is 0 Å². The predicted octanol–water partition coefficient (Wildman–Crippen LogP) is 4.01. The number of carbonyl (C=O) groups excluding carboxylic acids is 2. The van der Waals surface area contributed by atoms with Gasteiger partial charge < -0.3 is 10.1 Å². The summed E-state index contributed by atoms with van der Waals surface area (Å²) >= 11 is 0. The van der Waals surface area contributed by atoms with Crippen molar-refractivity contribution in [3.05, 3.63) is 95.8 Å². The van der Waals surface area contributed by atoms with Crippen LogP contribution < -0.4 is 5.32 Å². The molecule has 0 fully saturated rings. The third-order valence-electron chi connectivity index (χ3n) is 4.76. The van der Waals surface area contributed by atoms with Gasteiger partial charge in [0.15, 0.2) is 0 Å². The summed E-state index contributed by atoms with van der Waals surface area (Å²) in [5.74, 6) is -0.585. The summed E-state index contributed by atoms with van der Waals surface area (Å²) in [4.78, 5) is 33.3. The number of fused-ring (bicyclic) bond motifs is 1. The standard InChI is InChI=1S/C24H19N3O3/c1-30-24(29)18-8-6-16(7-9-18)15-26-23(28)20-14-22(17-10-12-25-13-11-17)27-21-5-3-2-4-19(20)21/h2-14H,15H2,1H3,(H,26,28). The lowest BCUT2D eigenvalue weighted by molar-refractivity contribution is 0.0600. The van der Waals surface area contributed by atoms with Gasteiger partial charge in [0.25, 0.3) is 5.91 Å². The second kappa shape index (κ2) is 8.53. The summed E-state index contributed by atoms with van der Waals surface area (Å²) in [6.07, 6.45) is 3.40. The molecule has 1 N–H and O–H groups in total. The highest BCUT2D eigenvalue weighted by atomic mass is 16.5. The largest absolute Gasteiger partial charge is 0.465 e. The summed E-state index contributed by atoms with van der Waals surface area (Å²) in [5.41, 5.74) is 4.25. The number of nitrogens with one attached hydrogen (secondary N) is 1. The number of ether oxygens (including phenoxy) is 1. The minimum absolute atomic E-state index is 0.194. The molecule has 0 aliphatic carbocycles. The molecule has 0 aliphatic heterocycles. The van der Waals surface area contributed by atoms with Crippen molar-refractivity contribution in [3.63, 3.8) is 0 Å². The second-order valence-corrected chi connectivity index (χ2v) is 6.68. The van der Waals surface area contributed by atoms with Crippen LogP contribution in [0.2, 0.25) is 0 Å². The molecule has 6 nitrogen and oxygen atoms in total. The average molecular weight is 397 g/mol. The number of hydrogen-bond donors (Lipinski definition) is 1. The lowest BCUT2D eigenvalue weighted by Gasteiger charge is -2.11. The van der Waals surface area contributed by atoms with Crippen LogP contribution in [-0.4, -0.2) is 29.0 Å². The van der Waals surface area contributed by atoms with Crippen LogP contribution in [0.25, 0.3) is 22.2 Å². The van der Waals surface area contributed by atoms with Crippen LogP contribution in [0.3, 0.4) is 0 Å². The summed E-state index contributed by atoms with van der Waals surface area (Å²) < 4.78 is 4.70. The molecule has 30 heavy (non-hydrogen) atoms. The molecular weight excluding hydrogens is 378 g/mol. The van der Waals surface area contributed by atoms with Crippen LogP contribution in [0.4, 0.5) is 0 Å². The van der Waals surface area contributed by atoms with Crippen LogP contribution in [-0.2, 0) is 11.3 Å². The molecule has 0 saturated heterocycles. The zero-order valence-electron chi connectivity index (χ0n) is 16.3. The highest BCUT2D eigenvalue weighted by Gasteiger charge is 2.14. The Bertz CT molecular complexity index is 1210. The molecule has 4 aromatic rings. The summed E-state index contributed by atoms with van der Waals surface area (Å²) in [7, 11) is 1.34. The molecule has 6 heteroatoms. The number of methoxy groups -OCH3 is 1. The van der Waals surface area contributed by atoms with Crippen molar-refractivity contribution in [1.29, 1.82) is 0 Å². The molecule has 0 bridgehead atoms. The number of hydrogen-bond acceptors (Lipinski definition) is 5. The number of nitrogens with zero attached hydrogens (tertiary/aromatic N) is 2. The average Bonchev–Trinajstić information content (AvgIpc) is 2.82. The van der Waals surface area contributed by atoms with Gasteiger partial charge in [0, 0.05) is 29.9 Å². The Morgan fingerprint density at radius 2 is 1.70 bits per heavy atom. The van der Waals surface area contributed by atoms with Crippen LogP contribution in [0.1, 0.15) is 26.3 Å². The first kappa shape index (κ1) is 19.3. The summed E-state index contributed by atoms with van der Waals surface area (Å²) in [5, 5.41) is 3.74. The minimum Gasteiger partial charge on any atom is -0.465 e. The number of amides is 1. The fraction of sp³-hybridized carbons (Fsp3) is 0.0833. The number of esters is 1. The maximum atomic E-state index is 13.0. The number of benzene rings is 2. The van der Waals surface area contributed by atoms with Gasteiger partial charge in [-0.25, -0.2) is 9.78 Å². The van der Waals surface area contributed by atoms with Crippen molar-refractivity contribution in [2.24, 2.45) is 0 Å². The lowest BCUT2D eigenvalue weighted by atomic mass is 10.0. The van der Waals surface area contributed by atoms with Gasteiger partial charge >= 0.3 is 5.97 Å². The third-order valence-corrected chi connectivity index (χ3v) is 4.76. The fourth-order valence-electron chi connectivity index (χ4n) is 3.19. The van der Waals surface area contributed by atoms with E-state index in [9.17, 15) is 9.59 Å². The first-order chi connectivity index (χ1) is 14.7.